The third-order valence-electron chi connectivity index (χ3n) is 4.23. The van der Waals surface area contributed by atoms with Gasteiger partial charge in [0.2, 0.25) is 11.8 Å². The molecule has 1 unspecified atom stereocenters. The van der Waals surface area contributed by atoms with Crippen LogP contribution in [-0.4, -0.2) is 16.7 Å². The third-order valence-corrected chi connectivity index (χ3v) is 4.23. The predicted octanol–water partition coefficient (Wildman–Crippen LogP) is 3.87. The number of benzene rings is 2. The zero-order valence-electron chi connectivity index (χ0n) is 12.9. The number of hydrogen-bond donors (Lipinski definition) is 0. The van der Waals surface area contributed by atoms with E-state index < -0.39 is 0 Å². The number of imide groups is 1. The first-order valence-corrected chi connectivity index (χ1v) is 7.56. The summed E-state index contributed by atoms with van der Waals surface area (Å²) in [4.78, 5) is 24.9. The van der Waals surface area contributed by atoms with Crippen LogP contribution in [0.15, 0.2) is 48.5 Å². The Bertz CT molecular complexity index is 701. The molecule has 3 heteroatoms. The molecule has 3 rings (SSSR count). The van der Waals surface area contributed by atoms with E-state index in [2.05, 4.69) is 43.3 Å². The maximum Gasteiger partial charge on any atom is 0.229 e. The molecule has 1 saturated heterocycles. The molecule has 1 aliphatic rings. The van der Waals surface area contributed by atoms with Crippen LogP contribution in [0.3, 0.4) is 0 Å². The van der Waals surface area contributed by atoms with E-state index in [4.69, 9.17) is 0 Å². The highest BCUT2D eigenvalue weighted by molar-refractivity contribution is 5.96. The van der Waals surface area contributed by atoms with Gasteiger partial charge in [0.05, 0.1) is 6.04 Å². The van der Waals surface area contributed by atoms with Crippen molar-refractivity contribution in [2.24, 2.45) is 0 Å². The van der Waals surface area contributed by atoms with Crippen LogP contribution in [0.4, 0.5) is 0 Å². The Morgan fingerprint density at radius 2 is 1.55 bits per heavy atom. The first-order chi connectivity index (χ1) is 10.6. The molecule has 0 aliphatic carbocycles. The molecular weight excluding hydrogens is 274 g/mol. The van der Waals surface area contributed by atoms with Gasteiger partial charge in [-0.1, -0.05) is 54.1 Å². The van der Waals surface area contributed by atoms with Gasteiger partial charge in [-0.25, -0.2) is 0 Å². The minimum absolute atomic E-state index is 0.0693. The van der Waals surface area contributed by atoms with Gasteiger partial charge in [-0.2, -0.15) is 0 Å². The number of likely N-dealkylation sites (tertiary alicyclic amines) is 1. The second-order valence-electron chi connectivity index (χ2n) is 5.83. The maximum absolute atomic E-state index is 11.8. The van der Waals surface area contributed by atoms with Gasteiger partial charge >= 0.3 is 0 Å². The fraction of sp³-hybridized carbons (Fsp3) is 0.263. The standard InChI is InChI=1S/C19H19NO2/c1-13-3-5-15(6-4-13)16-7-9-17(10-8-16)18-11-12-19(22)20(18)14(2)21/h3-10,18H,11-12H2,1-2H3. The molecule has 22 heavy (non-hydrogen) atoms. The van der Waals surface area contributed by atoms with E-state index in [0.717, 1.165) is 11.1 Å². The second kappa shape index (κ2) is 5.76. The monoisotopic (exact) mass is 293 g/mol. The summed E-state index contributed by atoms with van der Waals surface area (Å²) in [6.07, 6.45) is 1.16. The highest BCUT2D eigenvalue weighted by Crippen LogP contribution is 2.33. The lowest BCUT2D eigenvalue weighted by Crippen LogP contribution is -2.32. The van der Waals surface area contributed by atoms with E-state index in [-0.39, 0.29) is 17.9 Å². The summed E-state index contributed by atoms with van der Waals surface area (Å²) >= 11 is 0. The number of rotatable bonds is 2. The van der Waals surface area contributed by atoms with Crippen LogP contribution >= 0.6 is 0 Å². The van der Waals surface area contributed by atoms with Crippen LogP contribution in [0, 0.1) is 6.92 Å². The lowest BCUT2D eigenvalue weighted by atomic mass is 9.99. The van der Waals surface area contributed by atoms with E-state index in [0.29, 0.717) is 12.8 Å². The minimum atomic E-state index is -0.171. The van der Waals surface area contributed by atoms with Gasteiger partial charge in [0.15, 0.2) is 0 Å². The summed E-state index contributed by atoms with van der Waals surface area (Å²) < 4.78 is 0. The fourth-order valence-corrected chi connectivity index (χ4v) is 3.04. The minimum Gasteiger partial charge on any atom is -0.275 e. The summed E-state index contributed by atoms with van der Waals surface area (Å²) in [5.41, 5.74) is 4.57. The zero-order valence-corrected chi connectivity index (χ0v) is 12.9. The van der Waals surface area contributed by atoms with Gasteiger partial charge in [0, 0.05) is 13.3 Å². The first-order valence-electron chi connectivity index (χ1n) is 7.56. The molecule has 2 amide bonds. The van der Waals surface area contributed by atoms with Crippen LogP contribution in [-0.2, 0) is 9.59 Å². The summed E-state index contributed by atoms with van der Waals surface area (Å²) in [6, 6.07) is 16.4. The van der Waals surface area contributed by atoms with Crippen molar-refractivity contribution in [1.29, 1.82) is 0 Å². The van der Waals surface area contributed by atoms with Gasteiger partial charge in [-0.15, -0.1) is 0 Å². The maximum atomic E-state index is 11.8. The van der Waals surface area contributed by atoms with Crippen molar-refractivity contribution < 1.29 is 9.59 Å². The highest BCUT2D eigenvalue weighted by atomic mass is 16.2. The average Bonchev–Trinajstić information content (AvgIpc) is 2.90. The lowest BCUT2D eigenvalue weighted by Gasteiger charge is -2.22. The molecule has 0 saturated carbocycles. The molecule has 1 heterocycles. The lowest BCUT2D eigenvalue weighted by molar-refractivity contribution is -0.142. The number of carbonyl (C=O) groups excluding carboxylic acids is 2. The van der Waals surface area contributed by atoms with Crippen LogP contribution in [0.2, 0.25) is 0 Å². The van der Waals surface area contributed by atoms with Crippen LogP contribution < -0.4 is 0 Å². The molecule has 0 N–H and O–H groups in total. The first kappa shape index (κ1) is 14.5. The van der Waals surface area contributed by atoms with Crippen molar-refractivity contribution in [2.45, 2.75) is 32.7 Å². The Balaban J connectivity index is 1.87. The third kappa shape index (κ3) is 2.67. The van der Waals surface area contributed by atoms with Crippen LogP contribution in [0.1, 0.15) is 36.9 Å². The highest BCUT2D eigenvalue weighted by Gasteiger charge is 2.34. The van der Waals surface area contributed by atoms with E-state index in [1.807, 2.05) is 12.1 Å². The van der Waals surface area contributed by atoms with Crippen molar-refractivity contribution >= 4 is 11.8 Å². The fourth-order valence-electron chi connectivity index (χ4n) is 3.04. The SMILES string of the molecule is CC(=O)N1C(=O)CCC1c1ccc(-c2ccc(C)cc2)cc1. The molecule has 2 aromatic carbocycles. The van der Waals surface area contributed by atoms with Gasteiger partial charge in [0.25, 0.3) is 0 Å². The average molecular weight is 293 g/mol. The molecule has 2 aromatic rings. The van der Waals surface area contributed by atoms with Crippen molar-refractivity contribution in [2.75, 3.05) is 0 Å². The Labute approximate surface area is 130 Å². The zero-order chi connectivity index (χ0) is 15.7. The largest absolute Gasteiger partial charge is 0.275 e. The van der Waals surface area contributed by atoms with Gasteiger partial charge in [-0.05, 0) is 30.0 Å². The normalized spacial score (nSPS) is 17.8. The van der Waals surface area contributed by atoms with E-state index in [1.165, 1.54) is 23.0 Å². The van der Waals surface area contributed by atoms with Crippen LogP contribution in [0.5, 0.6) is 0 Å². The number of nitrogens with zero attached hydrogens (tertiary/aromatic N) is 1. The number of aryl methyl sites for hydroxylation is 1. The molecule has 0 spiro atoms. The van der Waals surface area contributed by atoms with Gasteiger partial charge < -0.3 is 0 Å². The second-order valence-corrected chi connectivity index (χ2v) is 5.83. The summed E-state index contributed by atoms with van der Waals surface area (Å²) in [7, 11) is 0. The summed E-state index contributed by atoms with van der Waals surface area (Å²) in [5.74, 6) is -0.241. The Morgan fingerprint density at radius 3 is 2.09 bits per heavy atom. The molecule has 3 nitrogen and oxygen atoms in total. The van der Waals surface area contributed by atoms with Crippen molar-refractivity contribution in [1.82, 2.24) is 4.90 Å². The van der Waals surface area contributed by atoms with Crippen molar-refractivity contribution in [3.05, 3.63) is 59.7 Å². The molecule has 1 aliphatic heterocycles. The number of hydrogen-bond acceptors (Lipinski definition) is 2. The molecular formula is C19H19NO2. The molecule has 1 atom stereocenters. The molecule has 1 fully saturated rings. The topological polar surface area (TPSA) is 37.4 Å². The van der Waals surface area contributed by atoms with Crippen LogP contribution in [0.25, 0.3) is 11.1 Å². The van der Waals surface area contributed by atoms with Crippen molar-refractivity contribution in [3.63, 3.8) is 0 Å². The molecule has 0 radical (unpaired) electrons. The molecule has 112 valence electrons. The Hall–Kier alpha value is -2.42. The smallest absolute Gasteiger partial charge is 0.229 e. The number of amides is 2. The predicted molar refractivity (Wildman–Crippen MR) is 86.1 cm³/mol. The summed E-state index contributed by atoms with van der Waals surface area (Å²) in [5, 5.41) is 0. The van der Waals surface area contributed by atoms with Gasteiger partial charge in [0.1, 0.15) is 0 Å². The van der Waals surface area contributed by atoms with E-state index >= 15 is 0 Å². The number of carbonyl (C=O) groups is 2. The Kier molecular flexibility index (Phi) is 3.80. The Morgan fingerprint density at radius 1 is 1.00 bits per heavy atom. The quantitative estimate of drug-likeness (QED) is 0.843. The van der Waals surface area contributed by atoms with E-state index in [1.54, 1.807) is 0 Å². The molecule has 0 bridgehead atoms. The van der Waals surface area contributed by atoms with E-state index in [9.17, 15) is 9.59 Å². The molecule has 0 aromatic heterocycles. The van der Waals surface area contributed by atoms with Crippen molar-refractivity contribution in [3.8, 4) is 11.1 Å². The van der Waals surface area contributed by atoms with Gasteiger partial charge in [-0.3, -0.25) is 14.5 Å². The summed E-state index contributed by atoms with van der Waals surface area (Å²) in [6.45, 7) is 3.53.